The molecule has 2 aromatic carbocycles. The molecule has 0 spiro atoms. The Hall–Kier alpha value is -2.84. The molecule has 3 N–H and O–H groups in total. The van der Waals surface area contributed by atoms with Crippen LogP contribution in [0.25, 0.3) is 0 Å². The zero-order chi connectivity index (χ0) is 29.3. The molecule has 1 heterocycles. The molecule has 3 atom stereocenters. The summed E-state index contributed by atoms with van der Waals surface area (Å²) < 4.78 is 123. The molecule has 0 aromatic heterocycles. The summed E-state index contributed by atoms with van der Waals surface area (Å²) >= 11 is 0. The second-order valence-electron chi connectivity index (χ2n) is 9.42. The number of carbonyl (C=O) groups is 1. The van der Waals surface area contributed by atoms with Crippen molar-refractivity contribution in [3.05, 3.63) is 70.8 Å². The molecule has 1 aliphatic rings. The first-order valence-electron chi connectivity index (χ1n) is 11.6. The molecule has 2 aromatic rings. The van der Waals surface area contributed by atoms with Crippen molar-refractivity contribution >= 4 is 5.91 Å². The number of alkyl halides is 9. The lowest BCUT2D eigenvalue weighted by atomic mass is 9.77. The van der Waals surface area contributed by atoms with Gasteiger partial charge in [-0.1, -0.05) is 30.3 Å². The molecular formula is C25H25F9N2O3. The Morgan fingerprint density at radius 3 is 2.00 bits per heavy atom. The number of carbonyl (C=O) groups excluding carboxylic acids is 1. The summed E-state index contributed by atoms with van der Waals surface area (Å²) in [4.78, 5) is 12.3. The molecular weight excluding hydrogens is 547 g/mol. The highest BCUT2D eigenvalue weighted by Crippen LogP contribution is 2.39. The van der Waals surface area contributed by atoms with E-state index in [4.69, 9.17) is 4.74 Å². The number of piperidine rings is 1. The lowest BCUT2D eigenvalue weighted by Gasteiger charge is -2.45. The molecule has 1 amide bonds. The highest BCUT2D eigenvalue weighted by Gasteiger charge is 2.47. The van der Waals surface area contributed by atoms with Crippen LogP contribution < -0.4 is 10.6 Å². The molecule has 1 aliphatic heterocycles. The number of ether oxygens (including phenoxy) is 1. The van der Waals surface area contributed by atoms with E-state index in [-0.39, 0.29) is 31.1 Å². The van der Waals surface area contributed by atoms with Crippen molar-refractivity contribution in [2.45, 2.75) is 55.5 Å². The van der Waals surface area contributed by atoms with Crippen molar-refractivity contribution in [2.24, 2.45) is 0 Å². The predicted octanol–water partition coefficient (Wildman–Crippen LogP) is 5.49. The molecule has 1 fully saturated rings. The van der Waals surface area contributed by atoms with E-state index < -0.39 is 65.9 Å². The van der Waals surface area contributed by atoms with Crippen molar-refractivity contribution < 1.29 is 54.2 Å². The highest BCUT2D eigenvalue weighted by atomic mass is 19.4. The minimum absolute atomic E-state index is 0.00897. The number of halogens is 9. The molecule has 0 saturated carbocycles. The summed E-state index contributed by atoms with van der Waals surface area (Å²) in [5.41, 5.74) is -6.16. The quantitative estimate of drug-likeness (QED) is 0.384. The Morgan fingerprint density at radius 1 is 0.974 bits per heavy atom. The van der Waals surface area contributed by atoms with Gasteiger partial charge in [-0.05, 0) is 49.1 Å². The van der Waals surface area contributed by atoms with Gasteiger partial charge in [0.15, 0.2) is 5.60 Å². The average molecular weight is 572 g/mol. The van der Waals surface area contributed by atoms with Crippen LogP contribution in [0.2, 0.25) is 0 Å². The standard InChI is InChI=1S/C25H25F9N2O3/c1-15(16-9-18(24(29,30)31)11-19(10-16)25(32,33)34)39-14-21(17-5-3-2-4-6-17)7-8-22(38,12-36-21)20(37)35-13-23(26,27)28/h2-6,9-11,15,36,38H,7-8,12-14H2,1H3,(H,35,37). The molecule has 0 bridgehead atoms. The van der Waals surface area contributed by atoms with E-state index in [1.165, 1.54) is 6.92 Å². The topological polar surface area (TPSA) is 70.6 Å². The van der Waals surface area contributed by atoms with Gasteiger partial charge in [0.1, 0.15) is 6.54 Å². The number of amides is 1. The molecule has 3 unspecified atom stereocenters. The van der Waals surface area contributed by atoms with Gasteiger partial charge >= 0.3 is 18.5 Å². The Kier molecular flexibility index (Phi) is 8.63. The number of hydrogen-bond donors (Lipinski definition) is 3. The Labute approximate surface area is 217 Å². The minimum Gasteiger partial charge on any atom is -0.379 e. The number of aliphatic hydroxyl groups is 1. The van der Waals surface area contributed by atoms with Crippen LogP contribution in [0.4, 0.5) is 39.5 Å². The fourth-order valence-electron chi connectivity index (χ4n) is 4.24. The maximum Gasteiger partial charge on any atom is 0.416 e. The van der Waals surface area contributed by atoms with Crippen LogP contribution >= 0.6 is 0 Å². The minimum atomic E-state index is -5.04. The van der Waals surface area contributed by atoms with Crippen molar-refractivity contribution in [1.82, 2.24) is 10.6 Å². The summed E-state index contributed by atoms with van der Waals surface area (Å²) in [6.07, 6.45) is -16.4. The zero-order valence-electron chi connectivity index (χ0n) is 20.4. The van der Waals surface area contributed by atoms with E-state index in [1.807, 2.05) is 0 Å². The third-order valence-electron chi connectivity index (χ3n) is 6.54. The molecule has 0 aliphatic carbocycles. The lowest BCUT2D eigenvalue weighted by Crippen LogP contribution is -2.63. The average Bonchev–Trinajstić information content (AvgIpc) is 2.85. The number of β-amino-alcohol motifs (C(OH)–C–C–N with tert-alkyl or cyclic N) is 1. The molecule has 5 nitrogen and oxygen atoms in total. The maximum atomic E-state index is 13.3. The Bertz CT molecular complexity index is 1110. The molecule has 14 heteroatoms. The van der Waals surface area contributed by atoms with E-state index in [0.717, 1.165) is 0 Å². The predicted molar refractivity (Wildman–Crippen MR) is 120 cm³/mol. The van der Waals surface area contributed by atoms with Gasteiger partial charge in [0.25, 0.3) is 5.91 Å². The third-order valence-corrected chi connectivity index (χ3v) is 6.54. The second-order valence-corrected chi connectivity index (χ2v) is 9.42. The van der Waals surface area contributed by atoms with Crippen LogP contribution in [-0.4, -0.2) is 42.5 Å². The SMILES string of the molecule is CC(OCC1(c2ccccc2)CCC(O)(C(=O)NCC(F)(F)F)CN1)c1cc(C(F)(F)F)cc(C(F)(F)F)c1. The third kappa shape index (κ3) is 7.63. The summed E-state index contributed by atoms with van der Waals surface area (Å²) in [5, 5.41) is 15.2. The van der Waals surface area contributed by atoms with Gasteiger partial charge < -0.3 is 20.5 Å². The molecule has 0 radical (unpaired) electrons. The number of nitrogens with one attached hydrogen (secondary N) is 2. The molecule has 1 saturated heterocycles. The first-order valence-corrected chi connectivity index (χ1v) is 11.6. The normalized spacial score (nSPS) is 23.4. The van der Waals surface area contributed by atoms with Crippen LogP contribution in [0.3, 0.4) is 0 Å². The van der Waals surface area contributed by atoms with Crippen molar-refractivity contribution in [1.29, 1.82) is 0 Å². The van der Waals surface area contributed by atoms with Crippen LogP contribution in [0.5, 0.6) is 0 Å². The molecule has 39 heavy (non-hydrogen) atoms. The van der Waals surface area contributed by atoms with E-state index in [9.17, 15) is 49.4 Å². The zero-order valence-corrected chi connectivity index (χ0v) is 20.4. The maximum absolute atomic E-state index is 13.3. The second kappa shape index (κ2) is 11.0. The summed E-state index contributed by atoms with van der Waals surface area (Å²) in [7, 11) is 0. The van der Waals surface area contributed by atoms with Crippen LogP contribution in [-0.2, 0) is 27.4 Å². The largest absolute Gasteiger partial charge is 0.416 e. The van der Waals surface area contributed by atoms with Gasteiger partial charge in [-0.15, -0.1) is 0 Å². The first kappa shape index (κ1) is 30.7. The molecule has 3 rings (SSSR count). The monoisotopic (exact) mass is 572 g/mol. The van der Waals surface area contributed by atoms with Gasteiger partial charge in [-0.2, -0.15) is 39.5 Å². The summed E-state index contributed by atoms with van der Waals surface area (Å²) in [5.74, 6) is -1.24. The number of hydrogen-bond acceptors (Lipinski definition) is 4. The fraction of sp³-hybridized carbons (Fsp3) is 0.480. The number of rotatable bonds is 7. The van der Waals surface area contributed by atoms with E-state index >= 15 is 0 Å². The van der Waals surface area contributed by atoms with Crippen molar-refractivity contribution in [3.63, 3.8) is 0 Å². The van der Waals surface area contributed by atoms with Gasteiger partial charge in [0.05, 0.1) is 29.4 Å². The van der Waals surface area contributed by atoms with Gasteiger partial charge in [-0.25, -0.2) is 0 Å². The van der Waals surface area contributed by atoms with Crippen LogP contribution in [0.1, 0.15) is 48.1 Å². The Balaban J connectivity index is 1.83. The van der Waals surface area contributed by atoms with Crippen LogP contribution in [0.15, 0.2) is 48.5 Å². The van der Waals surface area contributed by atoms with Gasteiger partial charge in [0.2, 0.25) is 0 Å². The summed E-state index contributed by atoms with van der Waals surface area (Å²) in [6, 6.07) is 9.44. The van der Waals surface area contributed by atoms with Gasteiger partial charge in [-0.3, -0.25) is 4.79 Å². The molecule has 216 valence electrons. The van der Waals surface area contributed by atoms with Gasteiger partial charge in [0, 0.05) is 6.54 Å². The fourth-order valence-corrected chi connectivity index (χ4v) is 4.24. The van der Waals surface area contributed by atoms with Crippen molar-refractivity contribution in [2.75, 3.05) is 19.7 Å². The first-order chi connectivity index (χ1) is 17.8. The van der Waals surface area contributed by atoms with Crippen LogP contribution in [0, 0.1) is 0 Å². The lowest BCUT2D eigenvalue weighted by molar-refractivity contribution is -0.154. The Morgan fingerprint density at radius 2 is 1.54 bits per heavy atom. The summed E-state index contributed by atoms with van der Waals surface area (Å²) in [6.45, 7) is -1.17. The van der Waals surface area contributed by atoms with E-state index in [2.05, 4.69) is 5.32 Å². The smallest absolute Gasteiger partial charge is 0.379 e. The number of benzene rings is 2. The highest BCUT2D eigenvalue weighted by molar-refractivity contribution is 5.85. The van der Waals surface area contributed by atoms with E-state index in [1.54, 1.807) is 35.6 Å². The van der Waals surface area contributed by atoms with Crippen molar-refractivity contribution in [3.8, 4) is 0 Å². The van der Waals surface area contributed by atoms with E-state index in [0.29, 0.717) is 17.7 Å².